The summed E-state index contributed by atoms with van der Waals surface area (Å²) in [6, 6.07) is 3.92. The predicted octanol–water partition coefficient (Wildman–Crippen LogP) is 3.99. The Balaban J connectivity index is 2.97. The minimum atomic E-state index is 0.118. The summed E-state index contributed by atoms with van der Waals surface area (Å²) in [7, 11) is 1.67. The Morgan fingerprint density at radius 1 is 1.21 bits per heavy atom. The van der Waals surface area contributed by atoms with Crippen molar-refractivity contribution in [1.29, 1.82) is 0 Å². The molecule has 0 atom stereocenters. The fourth-order valence-electron chi connectivity index (χ4n) is 1.76. The Hall–Kier alpha value is -0.740. The third kappa shape index (κ3) is 5.03. The monoisotopic (exact) mass is 329 g/mol. The van der Waals surface area contributed by atoms with Crippen molar-refractivity contribution in [2.45, 2.75) is 40.3 Å². The number of rotatable bonds is 7. The predicted molar refractivity (Wildman–Crippen MR) is 83.0 cm³/mol. The summed E-state index contributed by atoms with van der Waals surface area (Å²) < 4.78 is 12.3. The Morgan fingerprint density at radius 3 is 2.42 bits per heavy atom. The van der Waals surface area contributed by atoms with Gasteiger partial charge in [0.2, 0.25) is 0 Å². The average Bonchev–Trinajstić information content (AvgIpc) is 2.32. The zero-order chi connectivity index (χ0) is 14.4. The fraction of sp³-hybridized carbons (Fsp3) is 0.600. The molecule has 0 aliphatic rings. The molecule has 3 nitrogen and oxygen atoms in total. The minimum absolute atomic E-state index is 0.118. The molecule has 1 aromatic rings. The van der Waals surface area contributed by atoms with E-state index in [4.69, 9.17) is 9.47 Å². The highest BCUT2D eigenvalue weighted by molar-refractivity contribution is 9.10. The van der Waals surface area contributed by atoms with Crippen molar-refractivity contribution in [2.75, 3.05) is 13.7 Å². The van der Waals surface area contributed by atoms with Gasteiger partial charge in [-0.2, -0.15) is 0 Å². The van der Waals surface area contributed by atoms with Gasteiger partial charge in [0, 0.05) is 16.6 Å². The molecule has 0 unspecified atom stereocenters. The molecule has 4 heteroatoms. The van der Waals surface area contributed by atoms with Crippen LogP contribution in [0.3, 0.4) is 0 Å². The van der Waals surface area contributed by atoms with Crippen LogP contribution in [0.2, 0.25) is 0 Å². The molecule has 0 aromatic heterocycles. The van der Waals surface area contributed by atoms with Gasteiger partial charge in [0.25, 0.3) is 0 Å². The van der Waals surface area contributed by atoms with Crippen LogP contribution >= 0.6 is 15.9 Å². The van der Waals surface area contributed by atoms with Crippen LogP contribution in [-0.4, -0.2) is 19.8 Å². The van der Waals surface area contributed by atoms with E-state index in [2.05, 4.69) is 35.1 Å². The Bertz CT molecular complexity index is 405. The van der Waals surface area contributed by atoms with E-state index < -0.39 is 0 Å². The highest BCUT2D eigenvalue weighted by Gasteiger charge is 2.15. The van der Waals surface area contributed by atoms with E-state index in [9.17, 15) is 0 Å². The summed E-state index contributed by atoms with van der Waals surface area (Å²) in [5, 5.41) is 3.44. The van der Waals surface area contributed by atoms with E-state index in [1.807, 2.05) is 26.0 Å². The van der Waals surface area contributed by atoms with E-state index in [0.717, 1.165) is 34.6 Å². The van der Waals surface area contributed by atoms with Gasteiger partial charge in [0.15, 0.2) is 11.5 Å². The lowest BCUT2D eigenvalue weighted by Gasteiger charge is -2.19. The number of benzene rings is 1. The zero-order valence-electron chi connectivity index (χ0n) is 12.4. The minimum Gasteiger partial charge on any atom is -0.493 e. The van der Waals surface area contributed by atoms with Gasteiger partial charge >= 0.3 is 0 Å². The number of hydrogen-bond acceptors (Lipinski definition) is 3. The first kappa shape index (κ1) is 16.3. The van der Waals surface area contributed by atoms with Crippen molar-refractivity contribution in [3.8, 4) is 11.5 Å². The topological polar surface area (TPSA) is 30.5 Å². The molecule has 1 aromatic carbocycles. The molecule has 1 rings (SSSR count). The molecule has 0 saturated carbocycles. The van der Waals surface area contributed by atoms with Crippen molar-refractivity contribution in [3.05, 3.63) is 22.2 Å². The molecular formula is C15H24BrNO2. The van der Waals surface area contributed by atoms with Gasteiger partial charge < -0.3 is 14.8 Å². The molecule has 0 aliphatic carbocycles. The lowest BCUT2D eigenvalue weighted by molar-refractivity contribution is 0.227. The van der Waals surface area contributed by atoms with Gasteiger partial charge in [0.1, 0.15) is 0 Å². The first-order valence-electron chi connectivity index (χ1n) is 6.68. The highest BCUT2D eigenvalue weighted by Crippen LogP contribution is 2.36. The molecule has 0 saturated heterocycles. The van der Waals surface area contributed by atoms with E-state index in [1.165, 1.54) is 0 Å². The molecular weight excluding hydrogens is 306 g/mol. The first-order chi connectivity index (χ1) is 8.95. The molecule has 0 bridgehead atoms. The van der Waals surface area contributed by atoms with E-state index in [0.29, 0.717) is 5.92 Å². The zero-order valence-corrected chi connectivity index (χ0v) is 14.0. The number of nitrogens with one attached hydrogen (secondary N) is 1. The van der Waals surface area contributed by atoms with Gasteiger partial charge in [0.05, 0.1) is 13.2 Å². The van der Waals surface area contributed by atoms with Crippen LogP contribution in [0.15, 0.2) is 16.6 Å². The average molecular weight is 330 g/mol. The summed E-state index contributed by atoms with van der Waals surface area (Å²) in [5.41, 5.74) is 1.11. The van der Waals surface area contributed by atoms with Gasteiger partial charge in [-0.3, -0.25) is 0 Å². The third-order valence-electron chi connectivity index (χ3n) is 2.60. The van der Waals surface area contributed by atoms with Crippen LogP contribution in [-0.2, 0) is 6.54 Å². The van der Waals surface area contributed by atoms with Gasteiger partial charge in [-0.25, -0.2) is 0 Å². The summed E-state index contributed by atoms with van der Waals surface area (Å²) in [6.45, 7) is 10.2. The molecule has 0 radical (unpaired) electrons. The smallest absolute Gasteiger partial charge is 0.167 e. The molecule has 1 N–H and O–H groups in total. The van der Waals surface area contributed by atoms with E-state index in [-0.39, 0.29) is 6.10 Å². The summed E-state index contributed by atoms with van der Waals surface area (Å²) in [5.74, 6) is 2.22. The van der Waals surface area contributed by atoms with Gasteiger partial charge in [-0.15, -0.1) is 0 Å². The lowest BCUT2D eigenvalue weighted by Crippen LogP contribution is -2.20. The molecule has 108 valence electrons. The maximum absolute atomic E-state index is 5.91. The van der Waals surface area contributed by atoms with Crippen LogP contribution < -0.4 is 14.8 Å². The molecule has 0 heterocycles. The van der Waals surface area contributed by atoms with Gasteiger partial charge in [-0.05, 0) is 38.4 Å². The molecule has 0 fully saturated rings. The Morgan fingerprint density at radius 2 is 1.89 bits per heavy atom. The second kappa shape index (κ2) is 7.75. The normalized spacial score (nSPS) is 11.2. The van der Waals surface area contributed by atoms with Crippen LogP contribution in [0.4, 0.5) is 0 Å². The summed E-state index contributed by atoms with van der Waals surface area (Å²) >= 11 is 3.59. The van der Waals surface area contributed by atoms with Crippen molar-refractivity contribution in [1.82, 2.24) is 5.32 Å². The fourth-order valence-corrected chi connectivity index (χ4v) is 2.21. The standard InChI is InChI=1S/C15H24BrNO2/c1-10(2)8-17-9-12-13(16)6-7-14(18-5)15(12)19-11(3)4/h6-7,10-11,17H,8-9H2,1-5H3. The van der Waals surface area contributed by atoms with Crippen molar-refractivity contribution < 1.29 is 9.47 Å². The maximum atomic E-state index is 5.91. The van der Waals surface area contributed by atoms with Crippen LogP contribution in [0.5, 0.6) is 11.5 Å². The third-order valence-corrected chi connectivity index (χ3v) is 3.34. The molecule has 0 aliphatic heterocycles. The van der Waals surface area contributed by atoms with Crippen LogP contribution in [0.1, 0.15) is 33.3 Å². The van der Waals surface area contributed by atoms with Gasteiger partial charge in [-0.1, -0.05) is 29.8 Å². The molecule has 0 amide bonds. The maximum Gasteiger partial charge on any atom is 0.167 e. The second-order valence-corrected chi connectivity index (χ2v) is 6.10. The number of ether oxygens (including phenoxy) is 2. The summed E-state index contributed by atoms with van der Waals surface area (Å²) in [4.78, 5) is 0. The second-order valence-electron chi connectivity index (χ2n) is 5.25. The van der Waals surface area contributed by atoms with Crippen molar-refractivity contribution in [3.63, 3.8) is 0 Å². The quantitative estimate of drug-likeness (QED) is 0.820. The number of hydrogen-bond donors (Lipinski definition) is 1. The Kier molecular flexibility index (Phi) is 6.66. The number of halogens is 1. The highest BCUT2D eigenvalue weighted by atomic mass is 79.9. The first-order valence-corrected chi connectivity index (χ1v) is 7.47. The van der Waals surface area contributed by atoms with E-state index in [1.54, 1.807) is 7.11 Å². The van der Waals surface area contributed by atoms with E-state index >= 15 is 0 Å². The van der Waals surface area contributed by atoms with Crippen molar-refractivity contribution in [2.24, 2.45) is 5.92 Å². The summed E-state index contributed by atoms with van der Waals surface area (Å²) in [6.07, 6.45) is 0.118. The Labute approximate surface area is 124 Å². The van der Waals surface area contributed by atoms with Crippen molar-refractivity contribution >= 4 is 15.9 Å². The lowest BCUT2D eigenvalue weighted by atomic mass is 10.1. The number of methoxy groups -OCH3 is 1. The largest absolute Gasteiger partial charge is 0.493 e. The van der Waals surface area contributed by atoms with Crippen LogP contribution in [0, 0.1) is 5.92 Å². The molecule has 0 spiro atoms. The molecule has 19 heavy (non-hydrogen) atoms. The van der Waals surface area contributed by atoms with Crippen LogP contribution in [0.25, 0.3) is 0 Å². The SMILES string of the molecule is COc1ccc(Br)c(CNCC(C)C)c1OC(C)C.